The van der Waals surface area contributed by atoms with Crippen LogP contribution in [0.3, 0.4) is 0 Å². The first-order valence-corrected chi connectivity index (χ1v) is 8.24. The third-order valence-corrected chi connectivity index (χ3v) is 4.14. The molecule has 2 amide bonds. The van der Waals surface area contributed by atoms with Gasteiger partial charge in [0.15, 0.2) is 0 Å². The summed E-state index contributed by atoms with van der Waals surface area (Å²) in [5, 5.41) is 2.81. The van der Waals surface area contributed by atoms with Crippen LogP contribution in [-0.4, -0.2) is 52.0 Å². The summed E-state index contributed by atoms with van der Waals surface area (Å²) in [5.41, 5.74) is 2.29. The summed E-state index contributed by atoms with van der Waals surface area (Å²) in [5.74, 6) is -0.105. The van der Waals surface area contributed by atoms with E-state index in [-0.39, 0.29) is 11.9 Å². The molecule has 7 heteroatoms. The van der Waals surface area contributed by atoms with E-state index in [0.717, 1.165) is 24.1 Å². The van der Waals surface area contributed by atoms with E-state index < -0.39 is 6.09 Å². The Bertz CT molecular complexity index is 755. The number of likely N-dealkylation sites (tertiary alicyclic amines) is 1. The zero-order valence-corrected chi connectivity index (χ0v) is 14.0. The third-order valence-electron chi connectivity index (χ3n) is 4.14. The zero-order chi connectivity index (χ0) is 17.1. The van der Waals surface area contributed by atoms with Crippen LogP contribution in [0.1, 0.15) is 35.8 Å². The summed E-state index contributed by atoms with van der Waals surface area (Å²) < 4.78 is 6.75. The monoisotopic (exact) mass is 330 g/mol. The molecular weight excluding hydrogens is 308 g/mol. The number of aryl methyl sites for hydroxylation is 1. The molecule has 1 atom stereocenters. The van der Waals surface area contributed by atoms with E-state index in [1.165, 1.54) is 0 Å². The summed E-state index contributed by atoms with van der Waals surface area (Å²) in [7, 11) is 0. The maximum atomic E-state index is 12.7. The van der Waals surface area contributed by atoms with Gasteiger partial charge >= 0.3 is 6.09 Å². The normalized spacial score (nSPS) is 17.8. The largest absolute Gasteiger partial charge is 0.450 e. The van der Waals surface area contributed by atoms with Gasteiger partial charge in [0.25, 0.3) is 5.91 Å². The van der Waals surface area contributed by atoms with Crippen molar-refractivity contribution in [1.29, 1.82) is 0 Å². The highest BCUT2D eigenvalue weighted by Gasteiger charge is 2.27. The Morgan fingerprint density at radius 1 is 1.46 bits per heavy atom. The lowest BCUT2D eigenvalue weighted by atomic mass is 10.1. The predicted molar refractivity (Wildman–Crippen MR) is 89.0 cm³/mol. The second kappa shape index (κ2) is 6.90. The average Bonchev–Trinajstić information content (AvgIpc) is 2.97. The first-order chi connectivity index (χ1) is 11.6. The number of imidazole rings is 1. The highest BCUT2D eigenvalue weighted by atomic mass is 16.5. The molecule has 0 aromatic carbocycles. The number of pyridine rings is 1. The van der Waals surface area contributed by atoms with Crippen molar-refractivity contribution in [3.05, 3.63) is 35.8 Å². The first-order valence-electron chi connectivity index (χ1n) is 8.24. The SMILES string of the molecule is CCOC(=O)N[C@H]1CCCN(C(=O)c2cn3ccc(C)cc3n2)C1. The summed E-state index contributed by atoms with van der Waals surface area (Å²) >= 11 is 0. The predicted octanol–water partition coefficient (Wildman–Crippen LogP) is 1.99. The molecule has 3 rings (SSSR count). The number of nitrogens with zero attached hydrogens (tertiary/aromatic N) is 3. The standard InChI is InChI=1S/C17H22N4O3/c1-3-24-17(23)18-13-5-4-7-21(10-13)16(22)14-11-20-8-6-12(2)9-15(20)19-14/h6,8-9,11,13H,3-5,7,10H2,1-2H3,(H,18,23)/t13-/m0/s1. The van der Waals surface area contributed by atoms with Gasteiger partial charge in [0.1, 0.15) is 11.3 Å². The number of ether oxygens (including phenoxy) is 1. The van der Waals surface area contributed by atoms with Crippen molar-refractivity contribution in [2.75, 3.05) is 19.7 Å². The van der Waals surface area contributed by atoms with Crippen LogP contribution in [0.2, 0.25) is 0 Å². The molecule has 2 aromatic heterocycles. The van der Waals surface area contributed by atoms with Gasteiger partial charge in [0.05, 0.1) is 6.61 Å². The van der Waals surface area contributed by atoms with Crippen LogP contribution in [0.4, 0.5) is 4.79 Å². The summed E-state index contributed by atoms with van der Waals surface area (Å²) in [4.78, 5) is 30.4. The summed E-state index contributed by atoms with van der Waals surface area (Å²) in [6.45, 7) is 5.24. The summed E-state index contributed by atoms with van der Waals surface area (Å²) in [6.07, 6.45) is 4.90. The molecule has 1 aliphatic rings. The van der Waals surface area contributed by atoms with Gasteiger partial charge in [-0.05, 0) is 44.4 Å². The minimum atomic E-state index is -0.431. The maximum absolute atomic E-state index is 12.7. The van der Waals surface area contributed by atoms with Crippen molar-refractivity contribution in [3.63, 3.8) is 0 Å². The Kier molecular flexibility index (Phi) is 4.69. The number of carbonyl (C=O) groups is 2. The number of piperidine rings is 1. The van der Waals surface area contributed by atoms with Gasteiger partial charge in [-0.3, -0.25) is 4.79 Å². The van der Waals surface area contributed by atoms with Gasteiger partial charge in [-0.2, -0.15) is 0 Å². The molecule has 128 valence electrons. The molecule has 3 heterocycles. The highest BCUT2D eigenvalue weighted by Crippen LogP contribution is 2.15. The van der Waals surface area contributed by atoms with Gasteiger partial charge in [-0.25, -0.2) is 9.78 Å². The Morgan fingerprint density at radius 2 is 2.29 bits per heavy atom. The molecule has 7 nitrogen and oxygen atoms in total. The maximum Gasteiger partial charge on any atom is 0.407 e. The topological polar surface area (TPSA) is 75.9 Å². The van der Waals surface area contributed by atoms with Gasteiger partial charge in [-0.1, -0.05) is 0 Å². The number of hydrogen-bond donors (Lipinski definition) is 1. The number of nitrogens with one attached hydrogen (secondary N) is 1. The molecule has 1 aliphatic heterocycles. The quantitative estimate of drug-likeness (QED) is 0.934. The fraction of sp³-hybridized carbons (Fsp3) is 0.471. The lowest BCUT2D eigenvalue weighted by molar-refractivity contribution is 0.0681. The smallest absolute Gasteiger partial charge is 0.407 e. The minimum absolute atomic E-state index is 0.0824. The molecule has 1 saturated heterocycles. The van der Waals surface area contributed by atoms with E-state index in [1.807, 2.05) is 29.7 Å². The third kappa shape index (κ3) is 3.50. The van der Waals surface area contributed by atoms with Crippen LogP contribution < -0.4 is 5.32 Å². The molecule has 0 radical (unpaired) electrons. The van der Waals surface area contributed by atoms with Crippen molar-refractivity contribution in [2.45, 2.75) is 32.7 Å². The van der Waals surface area contributed by atoms with E-state index in [1.54, 1.807) is 18.0 Å². The van der Waals surface area contributed by atoms with Crippen LogP contribution in [0.25, 0.3) is 5.65 Å². The molecule has 1 fully saturated rings. The van der Waals surface area contributed by atoms with E-state index in [4.69, 9.17) is 4.74 Å². The molecule has 0 bridgehead atoms. The Morgan fingerprint density at radius 3 is 3.08 bits per heavy atom. The fourth-order valence-electron chi connectivity index (χ4n) is 2.97. The van der Waals surface area contributed by atoms with Crippen molar-refractivity contribution < 1.29 is 14.3 Å². The van der Waals surface area contributed by atoms with E-state index >= 15 is 0 Å². The molecule has 0 spiro atoms. The number of hydrogen-bond acceptors (Lipinski definition) is 4. The first kappa shape index (κ1) is 16.3. The Balaban J connectivity index is 1.70. The van der Waals surface area contributed by atoms with Crippen LogP contribution in [0.5, 0.6) is 0 Å². The lowest BCUT2D eigenvalue weighted by Gasteiger charge is -2.32. The van der Waals surface area contributed by atoms with Crippen molar-refractivity contribution in [3.8, 4) is 0 Å². The fourth-order valence-corrected chi connectivity index (χ4v) is 2.97. The molecule has 0 saturated carbocycles. The minimum Gasteiger partial charge on any atom is -0.450 e. The van der Waals surface area contributed by atoms with Gasteiger partial charge in [0.2, 0.25) is 0 Å². The Labute approximate surface area is 140 Å². The second-order valence-electron chi connectivity index (χ2n) is 6.05. The summed E-state index contributed by atoms with van der Waals surface area (Å²) in [6, 6.07) is 3.84. The van der Waals surface area contributed by atoms with Crippen LogP contribution >= 0.6 is 0 Å². The molecule has 1 N–H and O–H groups in total. The van der Waals surface area contributed by atoms with Crippen LogP contribution in [0.15, 0.2) is 24.5 Å². The van der Waals surface area contributed by atoms with E-state index in [0.29, 0.717) is 25.4 Å². The van der Waals surface area contributed by atoms with Crippen LogP contribution in [0, 0.1) is 6.92 Å². The molecule has 0 aliphatic carbocycles. The van der Waals surface area contributed by atoms with Crippen molar-refractivity contribution in [1.82, 2.24) is 19.6 Å². The van der Waals surface area contributed by atoms with Crippen molar-refractivity contribution in [2.24, 2.45) is 0 Å². The number of fused-ring (bicyclic) bond motifs is 1. The highest BCUT2D eigenvalue weighted by molar-refractivity contribution is 5.93. The molecule has 24 heavy (non-hydrogen) atoms. The van der Waals surface area contributed by atoms with E-state index in [9.17, 15) is 9.59 Å². The van der Waals surface area contributed by atoms with Gasteiger partial charge < -0.3 is 19.4 Å². The molecule has 2 aromatic rings. The number of alkyl carbamates (subject to hydrolysis) is 1. The second-order valence-corrected chi connectivity index (χ2v) is 6.05. The van der Waals surface area contributed by atoms with Gasteiger partial charge in [0, 0.05) is 31.5 Å². The number of rotatable bonds is 3. The number of carbonyl (C=O) groups excluding carboxylic acids is 2. The average molecular weight is 330 g/mol. The lowest BCUT2D eigenvalue weighted by Crippen LogP contribution is -2.49. The number of amides is 2. The molecule has 0 unspecified atom stereocenters. The van der Waals surface area contributed by atoms with Gasteiger partial charge in [-0.15, -0.1) is 0 Å². The Hall–Kier alpha value is -2.57. The zero-order valence-electron chi connectivity index (χ0n) is 14.0. The van der Waals surface area contributed by atoms with Crippen molar-refractivity contribution >= 4 is 17.6 Å². The molecular formula is C17H22N4O3. The van der Waals surface area contributed by atoms with E-state index in [2.05, 4.69) is 10.3 Å². The number of aromatic nitrogens is 2. The van der Waals surface area contributed by atoms with Crippen LogP contribution in [-0.2, 0) is 4.74 Å².